The fraction of sp³-hybridized carbons (Fsp3) is 0.269. The van der Waals surface area contributed by atoms with Gasteiger partial charge in [-0.25, -0.2) is 9.50 Å². The number of hydrogen-bond donors (Lipinski definition) is 0. The van der Waals surface area contributed by atoms with E-state index in [1.165, 1.54) is 7.11 Å². The molecule has 0 fully saturated rings. The van der Waals surface area contributed by atoms with Crippen LogP contribution in [0.2, 0.25) is 0 Å². The number of hydrogen-bond acceptors (Lipinski definition) is 5. The van der Waals surface area contributed by atoms with E-state index in [0.717, 1.165) is 52.3 Å². The van der Waals surface area contributed by atoms with E-state index >= 15 is 0 Å². The molecule has 0 aliphatic rings. The minimum atomic E-state index is -0.296. The molecule has 0 unspecified atom stereocenters. The van der Waals surface area contributed by atoms with Crippen LogP contribution in [0.3, 0.4) is 0 Å². The Morgan fingerprint density at radius 3 is 2.53 bits per heavy atom. The van der Waals surface area contributed by atoms with Gasteiger partial charge in [-0.2, -0.15) is 5.10 Å². The summed E-state index contributed by atoms with van der Waals surface area (Å²) in [7, 11) is 1.39. The molecule has 0 spiro atoms. The number of aromatic nitrogens is 3. The van der Waals surface area contributed by atoms with Gasteiger partial charge >= 0.3 is 5.97 Å². The maximum Gasteiger partial charge on any atom is 0.310 e. The lowest BCUT2D eigenvalue weighted by Gasteiger charge is -2.11. The molecule has 6 nitrogen and oxygen atoms in total. The molecule has 0 aliphatic carbocycles. The summed E-state index contributed by atoms with van der Waals surface area (Å²) in [5.41, 5.74) is 7.16. The summed E-state index contributed by atoms with van der Waals surface area (Å²) in [6.07, 6.45) is 1.76. The highest BCUT2D eigenvalue weighted by molar-refractivity contribution is 5.73. The van der Waals surface area contributed by atoms with Gasteiger partial charge in [-0.05, 0) is 55.7 Å². The number of nitrogens with zero attached hydrogens (tertiary/aromatic N) is 3. The highest BCUT2D eigenvalue weighted by atomic mass is 16.5. The van der Waals surface area contributed by atoms with Gasteiger partial charge in [-0.1, -0.05) is 37.3 Å². The summed E-state index contributed by atoms with van der Waals surface area (Å²) in [6, 6.07) is 17.6. The third-order valence-corrected chi connectivity index (χ3v) is 5.46. The number of rotatable bonds is 7. The first kappa shape index (κ1) is 21.6. The third-order valence-electron chi connectivity index (χ3n) is 5.46. The molecule has 4 aromatic rings. The number of para-hydroxylation sites is 1. The molecular formula is C26H27N3O3. The van der Waals surface area contributed by atoms with Crippen molar-refractivity contribution in [1.29, 1.82) is 0 Å². The molecule has 2 heterocycles. The largest absolute Gasteiger partial charge is 0.469 e. The molecule has 0 amide bonds. The molecule has 0 aliphatic heterocycles. The molecule has 2 aromatic carbocycles. The number of benzene rings is 2. The van der Waals surface area contributed by atoms with Crippen molar-refractivity contribution in [3.8, 4) is 11.5 Å². The lowest BCUT2D eigenvalue weighted by Crippen LogP contribution is -2.05. The van der Waals surface area contributed by atoms with E-state index < -0.39 is 0 Å². The zero-order valence-corrected chi connectivity index (χ0v) is 18.9. The van der Waals surface area contributed by atoms with Crippen LogP contribution >= 0.6 is 0 Å². The maximum atomic E-state index is 11.7. The first-order valence-electron chi connectivity index (χ1n) is 10.7. The fourth-order valence-corrected chi connectivity index (χ4v) is 3.85. The van der Waals surface area contributed by atoms with Crippen molar-refractivity contribution in [3.63, 3.8) is 0 Å². The molecule has 0 radical (unpaired) electrons. The van der Waals surface area contributed by atoms with Crippen LogP contribution < -0.4 is 4.74 Å². The Bertz CT molecular complexity index is 1260. The Balaban J connectivity index is 1.57. The number of esters is 1. The second kappa shape index (κ2) is 9.22. The van der Waals surface area contributed by atoms with Crippen molar-refractivity contribution in [1.82, 2.24) is 14.6 Å². The summed E-state index contributed by atoms with van der Waals surface area (Å²) >= 11 is 0. The van der Waals surface area contributed by atoms with Crippen LogP contribution in [0.25, 0.3) is 5.65 Å². The predicted molar refractivity (Wildman–Crippen MR) is 123 cm³/mol. The topological polar surface area (TPSA) is 65.7 Å². The van der Waals surface area contributed by atoms with Gasteiger partial charge in [0.25, 0.3) is 0 Å². The Morgan fingerprint density at radius 1 is 1.06 bits per heavy atom. The second-order valence-corrected chi connectivity index (χ2v) is 7.85. The third kappa shape index (κ3) is 4.49. The van der Waals surface area contributed by atoms with Crippen LogP contribution in [0.1, 0.15) is 40.7 Å². The minimum absolute atomic E-state index is 0.171. The van der Waals surface area contributed by atoms with Crippen LogP contribution in [0, 0.1) is 13.8 Å². The van der Waals surface area contributed by atoms with Gasteiger partial charge in [0.15, 0.2) is 5.65 Å². The van der Waals surface area contributed by atoms with E-state index in [2.05, 4.69) is 32.0 Å². The van der Waals surface area contributed by atoms with E-state index in [1.54, 1.807) is 0 Å². The number of methoxy groups -OCH3 is 1. The lowest BCUT2D eigenvalue weighted by atomic mass is 10.1. The standard InChI is InChI=1S/C26H27N3O3/c1-5-22-23(29-26(27-22)17(2)14-18(3)28-29)15-19-10-12-21(13-11-19)32-24-9-7-6-8-20(24)16-25(30)31-4/h6-14H,5,15-16H2,1-4H3. The van der Waals surface area contributed by atoms with E-state index in [0.29, 0.717) is 11.5 Å². The van der Waals surface area contributed by atoms with Gasteiger partial charge in [-0.15, -0.1) is 0 Å². The Kier molecular flexibility index (Phi) is 6.21. The number of fused-ring (bicyclic) bond motifs is 1. The van der Waals surface area contributed by atoms with Crippen LogP contribution in [-0.4, -0.2) is 27.7 Å². The highest BCUT2D eigenvalue weighted by Gasteiger charge is 2.15. The molecule has 4 rings (SSSR count). The van der Waals surface area contributed by atoms with Gasteiger partial charge in [0, 0.05) is 12.0 Å². The SMILES string of the molecule is CCc1nc2c(C)cc(C)nn2c1Cc1ccc(Oc2ccccc2CC(=O)OC)cc1. The van der Waals surface area contributed by atoms with Crippen LogP contribution in [0.4, 0.5) is 0 Å². The van der Waals surface area contributed by atoms with E-state index in [4.69, 9.17) is 19.6 Å². The van der Waals surface area contributed by atoms with Crippen molar-refractivity contribution in [2.45, 2.75) is 40.0 Å². The highest BCUT2D eigenvalue weighted by Crippen LogP contribution is 2.27. The normalized spacial score (nSPS) is 11.0. The van der Waals surface area contributed by atoms with Gasteiger partial charge in [-0.3, -0.25) is 4.79 Å². The van der Waals surface area contributed by atoms with E-state index in [9.17, 15) is 4.79 Å². The maximum absolute atomic E-state index is 11.7. The van der Waals surface area contributed by atoms with Crippen LogP contribution in [0.5, 0.6) is 11.5 Å². The number of imidazole rings is 1. The van der Waals surface area contributed by atoms with Crippen molar-refractivity contribution in [3.05, 3.63) is 88.4 Å². The molecule has 0 atom stereocenters. The summed E-state index contributed by atoms with van der Waals surface area (Å²) in [5.74, 6) is 1.07. The van der Waals surface area contributed by atoms with Crippen molar-refractivity contribution in [2.75, 3.05) is 7.11 Å². The Hall–Kier alpha value is -3.67. The zero-order valence-electron chi connectivity index (χ0n) is 18.9. The van der Waals surface area contributed by atoms with E-state index in [1.807, 2.05) is 47.8 Å². The first-order valence-corrected chi connectivity index (χ1v) is 10.7. The van der Waals surface area contributed by atoms with Gasteiger partial charge in [0.05, 0.1) is 30.6 Å². The lowest BCUT2D eigenvalue weighted by molar-refractivity contribution is -0.139. The Morgan fingerprint density at radius 2 is 1.81 bits per heavy atom. The van der Waals surface area contributed by atoms with Gasteiger partial charge < -0.3 is 9.47 Å². The zero-order chi connectivity index (χ0) is 22.7. The molecule has 0 bridgehead atoms. The van der Waals surface area contributed by atoms with Gasteiger partial charge in [0.1, 0.15) is 11.5 Å². The molecule has 0 saturated heterocycles. The molecule has 2 aromatic heterocycles. The Labute approximate surface area is 187 Å². The first-order chi connectivity index (χ1) is 15.5. The van der Waals surface area contributed by atoms with Gasteiger partial charge in [0.2, 0.25) is 0 Å². The minimum Gasteiger partial charge on any atom is -0.469 e. The number of carbonyl (C=O) groups is 1. The van der Waals surface area contributed by atoms with Crippen LogP contribution in [-0.2, 0) is 28.8 Å². The molecule has 164 valence electrons. The van der Waals surface area contributed by atoms with Crippen molar-refractivity contribution in [2.24, 2.45) is 0 Å². The quantitative estimate of drug-likeness (QED) is 0.387. The molecule has 6 heteroatoms. The summed E-state index contributed by atoms with van der Waals surface area (Å²) in [4.78, 5) is 16.5. The number of ether oxygens (including phenoxy) is 2. The van der Waals surface area contributed by atoms with Crippen molar-refractivity contribution < 1.29 is 14.3 Å². The molecular weight excluding hydrogens is 402 g/mol. The average molecular weight is 430 g/mol. The average Bonchev–Trinajstić information content (AvgIpc) is 3.14. The predicted octanol–water partition coefficient (Wildman–Crippen LogP) is 5.01. The molecule has 0 N–H and O–H groups in total. The summed E-state index contributed by atoms with van der Waals surface area (Å²) in [5, 5.41) is 4.71. The number of aryl methyl sites for hydroxylation is 3. The van der Waals surface area contributed by atoms with Crippen LogP contribution in [0.15, 0.2) is 54.6 Å². The molecule has 32 heavy (non-hydrogen) atoms. The number of carbonyl (C=O) groups excluding carboxylic acids is 1. The van der Waals surface area contributed by atoms with Crippen molar-refractivity contribution >= 4 is 11.6 Å². The molecule has 0 saturated carbocycles. The smallest absolute Gasteiger partial charge is 0.310 e. The second-order valence-electron chi connectivity index (χ2n) is 7.85. The monoisotopic (exact) mass is 429 g/mol. The van der Waals surface area contributed by atoms with E-state index in [-0.39, 0.29) is 12.4 Å². The summed E-state index contributed by atoms with van der Waals surface area (Å²) < 4.78 is 12.8. The summed E-state index contributed by atoms with van der Waals surface area (Å²) in [6.45, 7) is 6.20. The fourth-order valence-electron chi connectivity index (χ4n) is 3.85.